The molecule has 148 valence electrons. The highest BCUT2D eigenvalue weighted by molar-refractivity contribution is 14.0. The Bertz CT molecular complexity index is 548. The van der Waals surface area contributed by atoms with Gasteiger partial charge in [-0.25, -0.2) is 0 Å². The Labute approximate surface area is 175 Å². The van der Waals surface area contributed by atoms with Crippen molar-refractivity contribution >= 4 is 29.9 Å². The van der Waals surface area contributed by atoms with Crippen molar-refractivity contribution in [3.8, 4) is 5.75 Å². The number of nitrogens with zero attached hydrogens (tertiary/aromatic N) is 1. The molecule has 2 rings (SSSR count). The van der Waals surface area contributed by atoms with Crippen LogP contribution in [0, 0.1) is 5.41 Å². The molecule has 0 radical (unpaired) electrons. The lowest BCUT2D eigenvalue weighted by Crippen LogP contribution is -2.47. The van der Waals surface area contributed by atoms with E-state index < -0.39 is 0 Å². The summed E-state index contributed by atoms with van der Waals surface area (Å²) in [6.07, 6.45) is 5.96. The summed E-state index contributed by atoms with van der Waals surface area (Å²) in [6, 6.07) is 8.28. The molecule has 5 nitrogen and oxygen atoms in total. The molecule has 0 atom stereocenters. The van der Waals surface area contributed by atoms with Crippen molar-refractivity contribution in [3.63, 3.8) is 0 Å². The third kappa shape index (κ3) is 7.31. The quantitative estimate of drug-likeness (QED) is 0.309. The lowest BCUT2D eigenvalue weighted by molar-refractivity contribution is 0.0732. The molecule has 6 heteroatoms. The summed E-state index contributed by atoms with van der Waals surface area (Å²) in [4.78, 5) is 4.35. The van der Waals surface area contributed by atoms with Crippen LogP contribution in [-0.4, -0.2) is 46.4 Å². The Kier molecular flexibility index (Phi) is 11.0. The zero-order valence-electron chi connectivity index (χ0n) is 16.3. The molecule has 0 saturated heterocycles. The number of guanidine groups is 1. The van der Waals surface area contributed by atoms with E-state index in [4.69, 9.17) is 9.47 Å². The second kappa shape index (κ2) is 12.4. The van der Waals surface area contributed by atoms with Crippen molar-refractivity contribution in [2.75, 3.05) is 40.5 Å². The number of methoxy groups -OCH3 is 1. The highest BCUT2D eigenvalue weighted by Gasteiger charge is 2.36. The van der Waals surface area contributed by atoms with Crippen LogP contribution in [0.2, 0.25) is 0 Å². The van der Waals surface area contributed by atoms with E-state index in [0.717, 1.165) is 44.2 Å². The smallest absolute Gasteiger partial charge is 0.191 e. The van der Waals surface area contributed by atoms with E-state index in [-0.39, 0.29) is 24.0 Å². The van der Waals surface area contributed by atoms with Gasteiger partial charge in [-0.1, -0.05) is 18.6 Å². The molecular weight excluding hydrogens is 441 g/mol. The first-order chi connectivity index (χ1) is 12.2. The van der Waals surface area contributed by atoms with Crippen LogP contribution in [0.25, 0.3) is 0 Å². The number of rotatable bonds is 10. The second-order valence-corrected chi connectivity index (χ2v) is 6.78. The molecular formula is C20H34IN3O2. The number of halogens is 1. The number of hydrogen-bond acceptors (Lipinski definition) is 3. The average molecular weight is 475 g/mol. The minimum atomic E-state index is 0. The van der Waals surface area contributed by atoms with Gasteiger partial charge in [0.05, 0.1) is 6.61 Å². The monoisotopic (exact) mass is 475 g/mol. The summed E-state index contributed by atoms with van der Waals surface area (Å²) < 4.78 is 10.8. The minimum absolute atomic E-state index is 0. The topological polar surface area (TPSA) is 54.9 Å². The van der Waals surface area contributed by atoms with E-state index in [9.17, 15) is 0 Å². The molecule has 1 fully saturated rings. The van der Waals surface area contributed by atoms with Gasteiger partial charge >= 0.3 is 0 Å². The van der Waals surface area contributed by atoms with Crippen molar-refractivity contribution in [2.45, 2.75) is 39.0 Å². The zero-order valence-corrected chi connectivity index (χ0v) is 18.7. The molecule has 1 aromatic rings. The molecule has 0 amide bonds. The lowest BCUT2D eigenvalue weighted by Gasteiger charge is -2.42. The summed E-state index contributed by atoms with van der Waals surface area (Å²) in [6.45, 7) is 5.36. The summed E-state index contributed by atoms with van der Waals surface area (Å²) >= 11 is 0. The molecule has 0 unspecified atom stereocenters. The first-order valence-electron chi connectivity index (χ1n) is 9.36. The van der Waals surface area contributed by atoms with E-state index in [2.05, 4.69) is 27.8 Å². The number of aliphatic imine (C=N–C) groups is 1. The number of benzene rings is 1. The molecule has 26 heavy (non-hydrogen) atoms. The van der Waals surface area contributed by atoms with E-state index in [1.54, 1.807) is 7.11 Å². The van der Waals surface area contributed by atoms with Crippen molar-refractivity contribution in [1.29, 1.82) is 0 Å². The maximum atomic E-state index is 5.56. The van der Waals surface area contributed by atoms with Crippen molar-refractivity contribution < 1.29 is 9.47 Å². The van der Waals surface area contributed by atoms with Crippen LogP contribution in [0.3, 0.4) is 0 Å². The first kappa shape index (κ1) is 23.0. The van der Waals surface area contributed by atoms with Gasteiger partial charge in [0, 0.05) is 33.9 Å². The van der Waals surface area contributed by atoms with E-state index in [1.807, 2.05) is 26.1 Å². The first-order valence-corrected chi connectivity index (χ1v) is 9.36. The lowest BCUT2D eigenvalue weighted by atomic mass is 9.67. The van der Waals surface area contributed by atoms with Crippen molar-refractivity contribution in [1.82, 2.24) is 10.6 Å². The van der Waals surface area contributed by atoms with Crippen LogP contribution >= 0.6 is 24.0 Å². The molecule has 2 N–H and O–H groups in total. The summed E-state index contributed by atoms with van der Waals surface area (Å²) in [5, 5.41) is 6.91. The molecule has 0 bridgehead atoms. The largest absolute Gasteiger partial charge is 0.494 e. The molecule has 0 aliphatic heterocycles. The van der Waals surface area contributed by atoms with Gasteiger partial charge in [0.2, 0.25) is 0 Å². The van der Waals surface area contributed by atoms with Gasteiger partial charge in [0.1, 0.15) is 5.75 Å². The molecule has 0 aromatic heterocycles. The maximum Gasteiger partial charge on any atom is 0.191 e. The van der Waals surface area contributed by atoms with Gasteiger partial charge in [0.25, 0.3) is 0 Å². The predicted octanol–water partition coefficient (Wildman–Crippen LogP) is 3.62. The fourth-order valence-electron chi connectivity index (χ4n) is 3.29. The molecule has 1 aromatic carbocycles. The Morgan fingerprint density at radius 3 is 2.69 bits per heavy atom. The zero-order chi connectivity index (χ0) is 18.0. The van der Waals surface area contributed by atoms with Gasteiger partial charge in [0.15, 0.2) is 5.96 Å². The molecule has 1 aliphatic carbocycles. The molecule has 0 heterocycles. The standard InChI is InChI=1S/C20H33N3O2.HI/c1-4-25-18-8-5-7-17(15-18)9-13-22-19(21-2)23-16-20(10-6-11-20)12-14-24-3;/h5,7-8,15H,4,6,9-14,16H2,1-3H3,(H2,21,22,23);1H. The fraction of sp³-hybridized carbons (Fsp3) is 0.650. The second-order valence-electron chi connectivity index (χ2n) is 6.78. The highest BCUT2D eigenvalue weighted by atomic mass is 127. The third-order valence-electron chi connectivity index (χ3n) is 5.02. The number of nitrogens with one attached hydrogen (secondary N) is 2. The van der Waals surface area contributed by atoms with Crippen LogP contribution in [-0.2, 0) is 11.2 Å². The van der Waals surface area contributed by atoms with Gasteiger partial charge in [-0.05, 0) is 55.7 Å². The maximum absolute atomic E-state index is 5.56. The Morgan fingerprint density at radius 1 is 1.27 bits per heavy atom. The highest BCUT2D eigenvalue weighted by Crippen LogP contribution is 2.43. The van der Waals surface area contributed by atoms with E-state index in [1.165, 1.54) is 24.8 Å². The Hall–Kier alpha value is -1.02. The van der Waals surface area contributed by atoms with Crippen LogP contribution in [0.4, 0.5) is 0 Å². The van der Waals surface area contributed by atoms with Crippen LogP contribution in [0.5, 0.6) is 5.75 Å². The van der Waals surface area contributed by atoms with Crippen LogP contribution < -0.4 is 15.4 Å². The van der Waals surface area contributed by atoms with Gasteiger partial charge in [-0.2, -0.15) is 0 Å². The summed E-state index contributed by atoms with van der Waals surface area (Å²) in [7, 11) is 3.61. The third-order valence-corrected chi connectivity index (χ3v) is 5.02. The molecule has 1 aliphatic rings. The minimum Gasteiger partial charge on any atom is -0.494 e. The average Bonchev–Trinajstić information content (AvgIpc) is 2.59. The normalized spacial score (nSPS) is 15.6. The number of hydrogen-bond donors (Lipinski definition) is 2. The predicted molar refractivity (Wildman–Crippen MR) is 119 cm³/mol. The fourth-order valence-corrected chi connectivity index (χ4v) is 3.29. The van der Waals surface area contributed by atoms with E-state index >= 15 is 0 Å². The number of ether oxygens (including phenoxy) is 2. The van der Waals surface area contributed by atoms with Crippen molar-refractivity contribution in [3.05, 3.63) is 29.8 Å². The Morgan fingerprint density at radius 2 is 2.08 bits per heavy atom. The van der Waals surface area contributed by atoms with Gasteiger partial charge in [-0.3, -0.25) is 4.99 Å². The Balaban J connectivity index is 0.00000338. The van der Waals surface area contributed by atoms with Gasteiger partial charge < -0.3 is 20.1 Å². The van der Waals surface area contributed by atoms with Crippen LogP contribution in [0.15, 0.2) is 29.3 Å². The summed E-state index contributed by atoms with van der Waals surface area (Å²) in [5.41, 5.74) is 1.66. The molecule has 0 spiro atoms. The van der Waals surface area contributed by atoms with Crippen molar-refractivity contribution in [2.24, 2.45) is 10.4 Å². The van der Waals surface area contributed by atoms with E-state index in [0.29, 0.717) is 12.0 Å². The van der Waals surface area contributed by atoms with Gasteiger partial charge in [-0.15, -0.1) is 24.0 Å². The van der Waals surface area contributed by atoms with Crippen LogP contribution in [0.1, 0.15) is 38.2 Å². The SMILES string of the molecule is CCOc1cccc(CCNC(=NC)NCC2(CCOC)CCC2)c1.I. The molecule has 1 saturated carbocycles. The summed E-state index contributed by atoms with van der Waals surface area (Å²) in [5.74, 6) is 1.82.